The van der Waals surface area contributed by atoms with Crippen LogP contribution in [-0.4, -0.2) is 31.8 Å². The molecule has 0 spiro atoms. The summed E-state index contributed by atoms with van der Waals surface area (Å²) in [5, 5.41) is 3.26. The highest BCUT2D eigenvalue weighted by Crippen LogP contribution is 2.27. The molecule has 1 heterocycles. The van der Waals surface area contributed by atoms with E-state index in [1.165, 1.54) is 0 Å². The summed E-state index contributed by atoms with van der Waals surface area (Å²) in [6, 6.07) is 5.26. The van der Waals surface area contributed by atoms with Crippen LogP contribution < -0.4 is 10.1 Å². The fourth-order valence-electron chi connectivity index (χ4n) is 1.82. The molecule has 0 unspecified atom stereocenters. The van der Waals surface area contributed by atoms with Gasteiger partial charge in [-0.3, -0.25) is 4.79 Å². The van der Waals surface area contributed by atoms with Gasteiger partial charge in [0.2, 0.25) is 0 Å². The van der Waals surface area contributed by atoms with Gasteiger partial charge >= 0.3 is 0 Å². The molecule has 1 N–H and O–H groups in total. The third kappa shape index (κ3) is 4.67. The van der Waals surface area contributed by atoms with Crippen LogP contribution in [0, 0.1) is 0 Å². The predicted octanol–water partition coefficient (Wildman–Crippen LogP) is 2.78. The molecule has 1 aromatic carbocycles. The first-order valence-corrected chi connectivity index (χ1v) is 7.28. The van der Waals surface area contributed by atoms with Crippen molar-refractivity contribution in [1.82, 2.24) is 5.32 Å². The Labute approximate surface area is 125 Å². The molecule has 0 saturated carbocycles. The fraction of sp³-hybridized carbons (Fsp3) is 0.462. The number of hydrogen-bond acceptors (Lipinski definition) is 3. The Hall–Kier alpha value is -0.780. The summed E-state index contributed by atoms with van der Waals surface area (Å²) in [6.07, 6.45) is 2.20. The Morgan fingerprint density at radius 3 is 3.11 bits per heavy atom. The van der Waals surface area contributed by atoms with Crippen LogP contribution in [-0.2, 0) is 9.53 Å². The SMILES string of the molecule is O=C(COc1ccc(Br)cc1Cl)NC[C@@H]1CCCO1. The third-order valence-corrected chi connectivity index (χ3v) is 3.59. The Morgan fingerprint density at radius 1 is 1.58 bits per heavy atom. The van der Waals surface area contributed by atoms with E-state index in [0.29, 0.717) is 17.3 Å². The zero-order valence-electron chi connectivity index (χ0n) is 10.3. The molecule has 1 aliphatic rings. The van der Waals surface area contributed by atoms with Gasteiger partial charge in [-0.05, 0) is 31.0 Å². The molecule has 4 nitrogen and oxygen atoms in total. The van der Waals surface area contributed by atoms with Crippen molar-refractivity contribution in [2.24, 2.45) is 0 Å². The second-order valence-electron chi connectivity index (χ2n) is 4.30. The maximum Gasteiger partial charge on any atom is 0.258 e. The van der Waals surface area contributed by atoms with Crippen LogP contribution >= 0.6 is 27.5 Å². The molecule has 1 amide bonds. The lowest BCUT2D eigenvalue weighted by Gasteiger charge is -2.12. The Balaban J connectivity index is 1.73. The van der Waals surface area contributed by atoms with Gasteiger partial charge in [0.1, 0.15) is 5.75 Å². The zero-order valence-corrected chi connectivity index (χ0v) is 12.7. The number of carbonyl (C=O) groups is 1. The summed E-state index contributed by atoms with van der Waals surface area (Å²) in [4.78, 5) is 11.6. The Kier molecular flexibility index (Phi) is 5.48. The van der Waals surface area contributed by atoms with Crippen LogP contribution in [0.2, 0.25) is 5.02 Å². The Morgan fingerprint density at radius 2 is 2.42 bits per heavy atom. The normalized spacial score (nSPS) is 18.3. The van der Waals surface area contributed by atoms with E-state index in [1.54, 1.807) is 12.1 Å². The lowest BCUT2D eigenvalue weighted by molar-refractivity contribution is -0.123. The molecule has 1 saturated heterocycles. The van der Waals surface area contributed by atoms with Crippen LogP contribution in [0.1, 0.15) is 12.8 Å². The van der Waals surface area contributed by atoms with E-state index in [2.05, 4.69) is 21.2 Å². The minimum Gasteiger partial charge on any atom is -0.482 e. The summed E-state index contributed by atoms with van der Waals surface area (Å²) in [6.45, 7) is 1.27. The van der Waals surface area contributed by atoms with E-state index >= 15 is 0 Å². The smallest absolute Gasteiger partial charge is 0.258 e. The predicted molar refractivity (Wildman–Crippen MR) is 76.6 cm³/mol. The zero-order chi connectivity index (χ0) is 13.7. The van der Waals surface area contributed by atoms with Crippen LogP contribution in [0.15, 0.2) is 22.7 Å². The fourth-order valence-corrected chi connectivity index (χ4v) is 2.55. The highest BCUT2D eigenvalue weighted by molar-refractivity contribution is 9.10. The molecule has 1 aromatic rings. The third-order valence-electron chi connectivity index (χ3n) is 2.80. The first kappa shape index (κ1) is 14.6. The van der Waals surface area contributed by atoms with Crippen molar-refractivity contribution in [2.45, 2.75) is 18.9 Å². The van der Waals surface area contributed by atoms with Gasteiger partial charge in [0.25, 0.3) is 5.91 Å². The van der Waals surface area contributed by atoms with E-state index in [4.69, 9.17) is 21.1 Å². The number of carbonyl (C=O) groups excluding carboxylic acids is 1. The van der Waals surface area contributed by atoms with Crippen LogP contribution in [0.3, 0.4) is 0 Å². The van der Waals surface area contributed by atoms with E-state index in [1.807, 2.05) is 6.07 Å². The Bertz CT molecular complexity index is 450. The summed E-state index contributed by atoms with van der Waals surface area (Å²) in [5.74, 6) is 0.326. The van der Waals surface area contributed by atoms with Crippen molar-refractivity contribution in [3.8, 4) is 5.75 Å². The van der Waals surface area contributed by atoms with Gasteiger partial charge in [-0.1, -0.05) is 27.5 Å². The van der Waals surface area contributed by atoms with Gasteiger partial charge in [-0.2, -0.15) is 0 Å². The van der Waals surface area contributed by atoms with Crippen molar-refractivity contribution >= 4 is 33.4 Å². The molecule has 1 fully saturated rings. The number of halogens is 2. The molecular formula is C13H15BrClNO3. The van der Waals surface area contributed by atoms with E-state index in [-0.39, 0.29) is 18.6 Å². The van der Waals surface area contributed by atoms with Crippen LogP contribution in [0.25, 0.3) is 0 Å². The lowest BCUT2D eigenvalue weighted by Crippen LogP contribution is -2.35. The average molecular weight is 349 g/mol. The van der Waals surface area contributed by atoms with Gasteiger partial charge in [0.15, 0.2) is 6.61 Å². The highest BCUT2D eigenvalue weighted by atomic mass is 79.9. The number of benzene rings is 1. The molecule has 6 heteroatoms. The average Bonchev–Trinajstić information content (AvgIpc) is 2.88. The van der Waals surface area contributed by atoms with Crippen LogP contribution in [0.4, 0.5) is 0 Å². The molecule has 104 valence electrons. The van der Waals surface area contributed by atoms with Gasteiger partial charge in [-0.25, -0.2) is 0 Å². The maximum atomic E-state index is 11.6. The molecule has 0 aliphatic carbocycles. The number of amides is 1. The molecule has 0 radical (unpaired) electrons. The molecule has 1 atom stereocenters. The summed E-state index contributed by atoms with van der Waals surface area (Å²) >= 11 is 9.29. The van der Waals surface area contributed by atoms with Crippen molar-refractivity contribution < 1.29 is 14.3 Å². The van der Waals surface area contributed by atoms with E-state index in [9.17, 15) is 4.79 Å². The molecule has 2 rings (SSSR count). The lowest BCUT2D eigenvalue weighted by atomic mass is 10.2. The molecule has 19 heavy (non-hydrogen) atoms. The monoisotopic (exact) mass is 347 g/mol. The van der Waals surface area contributed by atoms with E-state index < -0.39 is 0 Å². The van der Waals surface area contributed by atoms with Gasteiger partial charge < -0.3 is 14.8 Å². The minimum absolute atomic E-state index is 0.0475. The van der Waals surface area contributed by atoms with Crippen molar-refractivity contribution in [3.63, 3.8) is 0 Å². The maximum absolute atomic E-state index is 11.6. The van der Waals surface area contributed by atoms with Crippen molar-refractivity contribution in [3.05, 3.63) is 27.7 Å². The standard InChI is InChI=1S/C13H15BrClNO3/c14-9-3-4-12(11(15)6-9)19-8-13(17)16-7-10-2-1-5-18-10/h3-4,6,10H,1-2,5,7-8H2,(H,16,17)/t10-/m0/s1. The first-order chi connectivity index (χ1) is 9.15. The van der Waals surface area contributed by atoms with Crippen molar-refractivity contribution in [1.29, 1.82) is 0 Å². The molecule has 0 bridgehead atoms. The highest BCUT2D eigenvalue weighted by Gasteiger charge is 2.16. The minimum atomic E-state index is -0.172. The number of rotatable bonds is 5. The molecule has 0 aromatic heterocycles. The quantitative estimate of drug-likeness (QED) is 0.890. The number of hydrogen-bond donors (Lipinski definition) is 1. The first-order valence-electron chi connectivity index (χ1n) is 6.11. The van der Waals surface area contributed by atoms with E-state index in [0.717, 1.165) is 23.9 Å². The van der Waals surface area contributed by atoms with Crippen molar-refractivity contribution in [2.75, 3.05) is 19.8 Å². The topological polar surface area (TPSA) is 47.6 Å². The van der Waals surface area contributed by atoms with Gasteiger partial charge in [0, 0.05) is 17.6 Å². The molecule has 1 aliphatic heterocycles. The largest absolute Gasteiger partial charge is 0.482 e. The second kappa shape index (κ2) is 7.12. The number of ether oxygens (including phenoxy) is 2. The summed E-state index contributed by atoms with van der Waals surface area (Å²) < 4.78 is 11.6. The van der Waals surface area contributed by atoms with Gasteiger partial charge in [-0.15, -0.1) is 0 Å². The number of nitrogens with one attached hydrogen (secondary N) is 1. The summed E-state index contributed by atoms with van der Waals surface area (Å²) in [7, 11) is 0. The van der Waals surface area contributed by atoms with Gasteiger partial charge in [0.05, 0.1) is 11.1 Å². The molecular weight excluding hydrogens is 334 g/mol. The summed E-state index contributed by atoms with van der Waals surface area (Å²) in [5.41, 5.74) is 0. The van der Waals surface area contributed by atoms with Crippen LogP contribution in [0.5, 0.6) is 5.75 Å². The second-order valence-corrected chi connectivity index (χ2v) is 5.63.